The van der Waals surface area contributed by atoms with E-state index in [-0.39, 0.29) is 0 Å². The van der Waals surface area contributed by atoms with Gasteiger partial charge in [-0.05, 0) is 49.7 Å². The minimum absolute atomic E-state index is 0.411. The highest BCUT2D eigenvalue weighted by molar-refractivity contribution is 6.29. The molecule has 1 aliphatic heterocycles. The number of halogens is 1. The molecular formula is C19H21ClN4O2. The number of fused-ring (bicyclic) bond motifs is 1. The Morgan fingerprint density at radius 3 is 2.73 bits per heavy atom. The zero-order chi connectivity index (χ0) is 18.3. The fraction of sp³-hybridized carbons (Fsp3) is 0.368. The van der Waals surface area contributed by atoms with Crippen molar-refractivity contribution in [3.8, 4) is 17.0 Å². The molecule has 3 aromatic rings. The summed E-state index contributed by atoms with van der Waals surface area (Å²) in [7, 11) is 3.71. The Bertz CT molecular complexity index is 948. The molecule has 1 aromatic carbocycles. The Kier molecular flexibility index (Phi) is 4.34. The number of piperidine rings is 1. The van der Waals surface area contributed by atoms with Gasteiger partial charge in [-0.25, -0.2) is 4.98 Å². The van der Waals surface area contributed by atoms with Gasteiger partial charge in [-0.15, -0.1) is 0 Å². The fourth-order valence-corrected chi connectivity index (χ4v) is 3.69. The number of benzene rings is 1. The monoisotopic (exact) mass is 372 g/mol. The number of aliphatic hydroxyl groups is 1. The van der Waals surface area contributed by atoms with E-state index in [0.29, 0.717) is 29.4 Å². The number of hydrogen-bond acceptors (Lipinski definition) is 5. The first-order valence-corrected chi connectivity index (χ1v) is 8.98. The third-order valence-electron chi connectivity index (χ3n) is 5.20. The van der Waals surface area contributed by atoms with Gasteiger partial charge in [0.25, 0.3) is 0 Å². The third kappa shape index (κ3) is 2.94. The topological polar surface area (TPSA) is 74.3 Å². The molecule has 4 rings (SSSR count). The molecule has 3 heterocycles. The molecule has 0 radical (unpaired) electrons. The molecule has 0 atom stereocenters. The number of ether oxygens (including phenoxy) is 1. The van der Waals surface area contributed by atoms with E-state index in [4.69, 9.17) is 16.3 Å². The van der Waals surface area contributed by atoms with Gasteiger partial charge in [-0.1, -0.05) is 17.7 Å². The largest absolute Gasteiger partial charge is 0.496 e. The van der Waals surface area contributed by atoms with Crippen LogP contribution in [-0.4, -0.2) is 52.4 Å². The van der Waals surface area contributed by atoms with E-state index in [1.165, 1.54) is 0 Å². The van der Waals surface area contributed by atoms with Crippen LogP contribution in [-0.2, 0) is 5.60 Å². The summed E-state index contributed by atoms with van der Waals surface area (Å²) < 4.78 is 5.54. The number of hydrogen-bond donors (Lipinski definition) is 2. The van der Waals surface area contributed by atoms with Crippen LogP contribution >= 0.6 is 11.6 Å². The molecule has 1 aliphatic rings. The number of aromatic nitrogens is 3. The Morgan fingerprint density at radius 2 is 2.00 bits per heavy atom. The van der Waals surface area contributed by atoms with Gasteiger partial charge >= 0.3 is 0 Å². The van der Waals surface area contributed by atoms with E-state index >= 15 is 0 Å². The minimum Gasteiger partial charge on any atom is -0.496 e. The van der Waals surface area contributed by atoms with Gasteiger partial charge in [0.1, 0.15) is 16.6 Å². The summed E-state index contributed by atoms with van der Waals surface area (Å²) >= 11 is 5.97. The van der Waals surface area contributed by atoms with E-state index in [9.17, 15) is 5.11 Å². The average Bonchev–Trinajstić information content (AvgIpc) is 3.06. The van der Waals surface area contributed by atoms with Crippen LogP contribution in [0.3, 0.4) is 0 Å². The fourth-order valence-electron chi connectivity index (χ4n) is 3.55. The number of rotatable bonds is 3. The maximum absolute atomic E-state index is 11.2. The maximum atomic E-state index is 11.2. The highest BCUT2D eigenvalue weighted by atomic mass is 35.5. The number of likely N-dealkylation sites (tertiary alicyclic amines) is 1. The molecule has 0 amide bonds. The molecule has 0 aliphatic carbocycles. The van der Waals surface area contributed by atoms with E-state index in [1.807, 2.05) is 24.3 Å². The molecule has 1 fully saturated rings. The molecular weight excluding hydrogens is 352 g/mol. The Balaban J connectivity index is 1.82. The summed E-state index contributed by atoms with van der Waals surface area (Å²) in [6.07, 6.45) is 1.40. The van der Waals surface area contributed by atoms with Crippen LogP contribution in [0.2, 0.25) is 5.15 Å². The number of aromatic amines is 1. The number of pyridine rings is 1. The van der Waals surface area contributed by atoms with E-state index in [1.54, 1.807) is 13.2 Å². The zero-order valence-corrected chi connectivity index (χ0v) is 15.5. The average molecular weight is 373 g/mol. The van der Waals surface area contributed by atoms with Crippen LogP contribution < -0.4 is 4.74 Å². The lowest BCUT2D eigenvalue weighted by molar-refractivity contribution is -0.0203. The van der Waals surface area contributed by atoms with Crippen molar-refractivity contribution < 1.29 is 9.84 Å². The number of H-pyrrole nitrogens is 1. The highest BCUT2D eigenvalue weighted by Gasteiger charge is 2.33. The van der Waals surface area contributed by atoms with Crippen LogP contribution in [0.25, 0.3) is 22.3 Å². The Morgan fingerprint density at radius 1 is 1.23 bits per heavy atom. The summed E-state index contributed by atoms with van der Waals surface area (Å²) in [4.78, 5) is 6.49. The maximum Gasteiger partial charge on any atom is 0.157 e. The summed E-state index contributed by atoms with van der Waals surface area (Å²) in [6.45, 7) is 1.73. The van der Waals surface area contributed by atoms with Crippen molar-refractivity contribution in [1.82, 2.24) is 20.1 Å². The summed E-state index contributed by atoms with van der Waals surface area (Å²) in [6, 6.07) is 9.44. The van der Waals surface area contributed by atoms with Crippen LogP contribution in [0.4, 0.5) is 0 Å². The molecule has 0 unspecified atom stereocenters. The van der Waals surface area contributed by atoms with Crippen molar-refractivity contribution in [3.05, 3.63) is 41.0 Å². The van der Waals surface area contributed by atoms with Crippen LogP contribution in [0.15, 0.2) is 30.3 Å². The van der Waals surface area contributed by atoms with Crippen molar-refractivity contribution in [2.24, 2.45) is 0 Å². The van der Waals surface area contributed by atoms with Gasteiger partial charge in [0.05, 0.1) is 12.7 Å². The molecule has 0 spiro atoms. The van der Waals surface area contributed by atoms with Crippen LogP contribution in [0.1, 0.15) is 18.4 Å². The van der Waals surface area contributed by atoms with Gasteiger partial charge in [-0.3, -0.25) is 5.10 Å². The molecule has 0 bridgehead atoms. The SMILES string of the molecule is COc1ccc(C2(O)CCN(C)CC2)cc1-c1n[nH]c2nc(Cl)ccc12. The molecule has 2 N–H and O–H groups in total. The summed E-state index contributed by atoms with van der Waals surface area (Å²) in [5, 5.41) is 19.8. The lowest BCUT2D eigenvalue weighted by Gasteiger charge is -2.37. The molecule has 136 valence electrons. The molecule has 1 saturated heterocycles. The minimum atomic E-state index is -0.832. The Hall–Kier alpha value is -2.15. The zero-order valence-electron chi connectivity index (χ0n) is 14.8. The first-order chi connectivity index (χ1) is 12.5. The van der Waals surface area contributed by atoms with Gasteiger partial charge in [0, 0.05) is 24.0 Å². The lowest BCUT2D eigenvalue weighted by atomic mass is 9.83. The molecule has 6 nitrogen and oxygen atoms in total. The first kappa shape index (κ1) is 17.3. The Labute approximate surface area is 156 Å². The molecule has 2 aromatic heterocycles. The second-order valence-electron chi connectivity index (χ2n) is 6.85. The van der Waals surface area contributed by atoms with Crippen LogP contribution in [0.5, 0.6) is 5.75 Å². The summed E-state index contributed by atoms with van der Waals surface area (Å²) in [5.74, 6) is 0.702. The van der Waals surface area contributed by atoms with Crippen molar-refractivity contribution >= 4 is 22.6 Å². The summed E-state index contributed by atoms with van der Waals surface area (Å²) in [5.41, 5.74) is 2.24. The predicted molar refractivity (Wildman–Crippen MR) is 102 cm³/mol. The second kappa shape index (κ2) is 6.54. The van der Waals surface area contributed by atoms with E-state index < -0.39 is 5.60 Å². The van der Waals surface area contributed by atoms with Crippen molar-refractivity contribution in [2.45, 2.75) is 18.4 Å². The van der Waals surface area contributed by atoms with Gasteiger partial charge in [-0.2, -0.15) is 5.10 Å². The van der Waals surface area contributed by atoms with Crippen molar-refractivity contribution in [2.75, 3.05) is 27.2 Å². The third-order valence-corrected chi connectivity index (χ3v) is 5.41. The smallest absolute Gasteiger partial charge is 0.157 e. The van der Waals surface area contributed by atoms with Gasteiger partial charge in [0.15, 0.2) is 5.65 Å². The standard InChI is InChI=1S/C19H21ClN4O2/c1-24-9-7-19(25,8-10-24)12-3-5-15(26-2)14(11-12)17-13-4-6-16(20)21-18(13)23-22-17/h3-6,11,25H,7-10H2,1-2H3,(H,21,22,23). The quantitative estimate of drug-likeness (QED) is 0.690. The van der Waals surface area contributed by atoms with Crippen LogP contribution in [0, 0.1) is 0 Å². The van der Waals surface area contributed by atoms with E-state index in [0.717, 1.165) is 35.3 Å². The van der Waals surface area contributed by atoms with Crippen molar-refractivity contribution in [1.29, 1.82) is 0 Å². The predicted octanol–water partition coefficient (Wildman–Crippen LogP) is 3.20. The normalized spacial score (nSPS) is 17.5. The first-order valence-electron chi connectivity index (χ1n) is 8.60. The molecule has 7 heteroatoms. The number of nitrogens with one attached hydrogen (secondary N) is 1. The molecule has 26 heavy (non-hydrogen) atoms. The number of nitrogens with zero attached hydrogens (tertiary/aromatic N) is 3. The van der Waals surface area contributed by atoms with Crippen molar-refractivity contribution in [3.63, 3.8) is 0 Å². The molecule has 0 saturated carbocycles. The highest BCUT2D eigenvalue weighted by Crippen LogP contribution is 2.39. The van der Waals surface area contributed by atoms with E-state index in [2.05, 4.69) is 27.1 Å². The van der Waals surface area contributed by atoms with Gasteiger partial charge in [0.2, 0.25) is 0 Å². The van der Waals surface area contributed by atoms with Gasteiger partial charge < -0.3 is 14.7 Å². The second-order valence-corrected chi connectivity index (χ2v) is 7.24. The number of methoxy groups -OCH3 is 1. The lowest BCUT2D eigenvalue weighted by Crippen LogP contribution is -2.40.